The van der Waals surface area contributed by atoms with E-state index in [-0.39, 0.29) is 0 Å². The van der Waals surface area contributed by atoms with Gasteiger partial charge in [0.05, 0.1) is 22.3 Å². The lowest BCUT2D eigenvalue weighted by Crippen LogP contribution is -2.44. The van der Waals surface area contributed by atoms with Crippen molar-refractivity contribution >= 4 is 17.3 Å². The van der Waals surface area contributed by atoms with Crippen LogP contribution in [0.1, 0.15) is 37.7 Å². The second-order valence-electron chi connectivity index (χ2n) is 5.81. The average molecular weight is 290 g/mol. The van der Waals surface area contributed by atoms with E-state index in [9.17, 15) is 0 Å². The third-order valence-electron chi connectivity index (χ3n) is 4.20. The lowest BCUT2D eigenvalue weighted by Gasteiger charge is -2.32. The van der Waals surface area contributed by atoms with E-state index in [0.717, 1.165) is 18.8 Å². The van der Waals surface area contributed by atoms with E-state index < -0.39 is 0 Å². The van der Waals surface area contributed by atoms with E-state index >= 15 is 0 Å². The lowest BCUT2D eigenvalue weighted by molar-refractivity contribution is 0.398. The zero-order valence-corrected chi connectivity index (χ0v) is 12.4. The maximum Gasteiger partial charge on any atom is 0.0992 e. The minimum atomic E-state index is 0.566. The Kier molecular flexibility index (Phi) is 4.14. The van der Waals surface area contributed by atoms with Gasteiger partial charge in [-0.15, -0.1) is 0 Å². The fraction of sp³-hybridized carbons (Fsp3) is 0.562. The highest BCUT2D eigenvalue weighted by Gasteiger charge is 2.32. The Balaban J connectivity index is 1.78. The monoisotopic (exact) mass is 289 g/mol. The number of nitrogens with zero attached hydrogens (tertiary/aromatic N) is 2. The SMILES string of the molecule is N#Cc1ccc(N(CC2CCCCN2)C2CC2)c(Cl)c1. The number of hydrogen-bond donors (Lipinski definition) is 1. The summed E-state index contributed by atoms with van der Waals surface area (Å²) in [5.74, 6) is 0. The summed E-state index contributed by atoms with van der Waals surface area (Å²) in [6.07, 6.45) is 6.36. The van der Waals surface area contributed by atoms with Crippen molar-refractivity contribution in [1.29, 1.82) is 5.26 Å². The summed E-state index contributed by atoms with van der Waals surface area (Å²) in [5.41, 5.74) is 1.71. The van der Waals surface area contributed by atoms with Gasteiger partial charge in [-0.05, 0) is 50.4 Å². The number of hydrogen-bond acceptors (Lipinski definition) is 3. The van der Waals surface area contributed by atoms with Crippen molar-refractivity contribution in [3.8, 4) is 6.07 Å². The van der Waals surface area contributed by atoms with Crippen molar-refractivity contribution in [2.24, 2.45) is 0 Å². The maximum atomic E-state index is 8.94. The van der Waals surface area contributed by atoms with E-state index in [1.54, 1.807) is 6.07 Å². The molecule has 2 aliphatic rings. The van der Waals surface area contributed by atoms with Crippen LogP contribution in [0, 0.1) is 11.3 Å². The lowest BCUT2D eigenvalue weighted by atomic mass is 10.0. The van der Waals surface area contributed by atoms with Crippen LogP contribution in [0.3, 0.4) is 0 Å². The minimum Gasteiger partial charge on any atom is -0.366 e. The number of piperidine rings is 1. The third kappa shape index (κ3) is 3.08. The Labute approximate surface area is 125 Å². The fourth-order valence-electron chi connectivity index (χ4n) is 2.96. The Bertz CT molecular complexity index is 513. The first-order valence-corrected chi connectivity index (χ1v) is 7.85. The zero-order valence-electron chi connectivity index (χ0n) is 11.6. The van der Waals surface area contributed by atoms with Crippen molar-refractivity contribution in [2.45, 2.75) is 44.2 Å². The molecule has 1 aromatic rings. The van der Waals surface area contributed by atoms with E-state index in [1.807, 2.05) is 12.1 Å². The number of nitrogens with one attached hydrogen (secondary N) is 1. The van der Waals surface area contributed by atoms with E-state index in [1.165, 1.54) is 32.1 Å². The smallest absolute Gasteiger partial charge is 0.0992 e. The number of halogens is 1. The fourth-order valence-corrected chi connectivity index (χ4v) is 3.25. The molecule has 0 bridgehead atoms. The summed E-state index contributed by atoms with van der Waals surface area (Å²) in [4.78, 5) is 2.44. The molecule has 4 heteroatoms. The first-order valence-electron chi connectivity index (χ1n) is 7.47. The zero-order chi connectivity index (χ0) is 13.9. The number of rotatable bonds is 4. The van der Waals surface area contributed by atoms with Gasteiger partial charge in [-0.2, -0.15) is 5.26 Å². The standard InChI is InChI=1S/C16H20ClN3/c17-15-9-12(10-18)4-7-16(15)20(14-5-6-14)11-13-3-1-2-8-19-13/h4,7,9,13-14,19H,1-3,5-6,8,11H2. The van der Waals surface area contributed by atoms with Crippen LogP contribution >= 0.6 is 11.6 Å². The molecule has 1 N–H and O–H groups in total. The van der Waals surface area contributed by atoms with Crippen LogP contribution in [0.2, 0.25) is 5.02 Å². The second kappa shape index (κ2) is 6.03. The molecule has 0 spiro atoms. The maximum absolute atomic E-state index is 8.94. The molecule has 1 saturated carbocycles. The van der Waals surface area contributed by atoms with Crippen LogP contribution in [0.4, 0.5) is 5.69 Å². The molecule has 1 aliphatic heterocycles. The molecule has 3 nitrogen and oxygen atoms in total. The predicted molar refractivity (Wildman–Crippen MR) is 82.2 cm³/mol. The van der Waals surface area contributed by atoms with Crippen molar-refractivity contribution < 1.29 is 0 Å². The summed E-state index contributed by atoms with van der Waals surface area (Å²) < 4.78 is 0. The van der Waals surface area contributed by atoms with Crippen LogP contribution in [0.5, 0.6) is 0 Å². The molecule has 1 aromatic carbocycles. The molecule has 0 radical (unpaired) electrons. The highest BCUT2D eigenvalue weighted by molar-refractivity contribution is 6.33. The van der Waals surface area contributed by atoms with Gasteiger partial charge in [-0.25, -0.2) is 0 Å². The van der Waals surface area contributed by atoms with Crippen LogP contribution in [-0.2, 0) is 0 Å². The average Bonchev–Trinajstić information content (AvgIpc) is 3.31. The van der Waals surface area contributed by atoms with Crippen LogP contribution in [0.15, 0.2) is 18.2 Å². The van der Waals surface area contributed by atoms with Crippen molar-refractivity contribution in [3.05, 3.63) is 28.8 Å². The highest BCUT2D eigenvalue weighted by Crippen LogP contribution is 2.36. The summed E-state index contributed by atoms with van der Waals surface area (Å²) in [6.45, 7) is 2.15. The molecule has 106 valence electrons. The number of nitriles is 1. The van der Waals surface area contributed by atoms with Crippen molar-refractivity contribution in [3.63, 3.8) is 0 Å². The Morgan fingerprint density at radius 2 is 2.15 bits per heavy atom. The van der Waals surface area contributed by atoms with Crippen LogP contribution < -0.4 is 10.2 Å². The topological polar surface area (TPSA) is 39.1 Å². The highest BCUT2D eigenvalue weighted by atomic mass is 35.5. The minimum absolute atomic E-state index is 0.566. The van der Waals surface area contributed by atoms with Crippen molar-refractivity contribution in [2.75, 3.05) is 18.0 Å². The molecule has 0 amide bonds. The van der Waals surface area contributed by atoms with Crippen LogP contribution in [0.25, 0.3) is 0 Å². The normalized spacial score (nSPS) is 22.3. The van der Waals surface area contributed by atoms with E-state index in [2.05, 4.69) is 16.3 Å². The van der Waals surface area contributed by atoms with E-state index in [0.29, 0.717) is 22.7 Å². The van der Waals surface area contributed by atoms with Crippen LogP contribution in [-0.4, -0.2) is 25.2 Å². The van der Waals surface area contributed by atoms with Gasteiger partial charge < -0.3 is 10.2 Å². The summed E-state index contributed by atoms with van der Waals surface area (Å²) in [5, 5.41) is 13.2. The van der Waals surface area contributed by atoms with Gasteiger partial charge in [0.25, 0.3) is 0 Å². The molecule has 1 aliphatic carbocycles. The van der Waals surface area contributed by atoms with Gasteiger partial charge in [-0.1, -0.05) is 18.0 Å². The van der Waals surface area contributed by atoms with E-state index in [4.69, 9.17) is 16.9 Å². The molecule has 3 rings (SSSR count). The van der Waals surface area contributed by atoms with Gasteiger partial charge in [0.2, 0.25) is 0 Å². The molecule has 1 heterocycles. The number of benzene rings is 1. The second-order valence-corrected chi connectivity index (χ2v) is 6.22. The molecular formula is C16H20ClN3. The third-order valence-corrected chi connectivity index (χ3v) is 4.51. The number of anilines is 1. The van der Waals surface area contributed by atoms with Crippen molar-refractivity contribution in [1.82, 2.24) is 5.32 Å². The van der Waals surface area contributed by atoms with Gasteiger partial charge in [0, 0.05) is 18.6 Å². The van der Waals surface area contributed by atoms with Gasteiger partial charge in [0.15, 0.2) is 0 Å². The first kappa shape index (κ1) is 13.7. The summed E-state index contributed by atoms with van der Waals surface area (Å²) in [7, 11) is 0. The molecule has 1 saturated heterocycles. The van der Waals surface area contributed by atoms with Gasteiger partial charge in [0.1, 0.15) is 0 Å². The molecule has 1 atom stereocenters. The summed E-state index contributed by atoms with van der Waals surface area (Å²) in [6, 6.07) is 8.99. The Morgan fingerprint density at radius 1 is 1.30 bits per heavy atom. The Morgan fingerprint density at radius 3 is 2.75 bits per heavy atom. The largest absolute Gasteiger partial charge is 0.366 e. The summed E-state index contributed by atoms with van der Waals surface area (Å²) >= 11 is 6.38. The first-order chi connectivity index (χ1) is 9.78. The van der Waals surface area contributed by atoms with Gasteiger partial charge >= 0.3 is 0 Å². The predicted octanol–water partition coefficient (Wildman–Crippen LogP) is 3.32. The Hall–Kier alpha value is -1.24. The molecule has 1 unspecified atom stereocenters. The molecule has 0 aromatic heterocycles. The molecule has 2 fully saturated rings. The molecule has 20 heavy (non-hydrogen) atoms. The van der Waals surface area contributed by atoms with Gasteiger partial charge in [-0.3, -0.25) is 0 Å². The molecular weight excluding hydrogens is 270 g/mol. The quantitative estimate of drug-likeness (QED) is 0.924.